The molecule has 0 heterocycles. The topological polar surface area (TPSA) is 37.4 Å². The molecule has 1 rings (SSSR count). The smallest absolute Gasteiger partial charge is 0.231 e. The molecular weight excluding hydrogens is 238 g/mol. The maximum Gasteiger partial charge on any atom is 0.231 e. The van der Waals surface area contributed by atoms with Crippen molar-refractivity contribution in [1.29, 1.82) is 0 Å². The molecule has 0 aliphatic rings. The van der Waals surface area contributed by atoms with Crippen LogP contribution in [-0.4, -0.2) is 28.7 Å². The van der Waals surface area contributed by atoms with Gasteiger partial charge in [-0.3, -0.25) is 9.59 Å². The molecule has 0 aromatic heterocycles. The Balaban J connectivity index is 2.78. The maximum atomic E-state index is 12.2. The number of hydrogen-bond donors (Lipinski definition) is 0. The Kier molecular flexibility index (Phi) is 5.04. The molecule has 19 heavy (non-hydrogen) atoms. The minimum absolute atomic E-state index is 0.102. The summed E-state index contributed by atoms with van der Waals surface area (Å²) in [6.45, 7) is 9.94. The van der Waals surface area contributed by atoms with E-state index in [1.54, 1.807) is 35.2 Å². The van der Waals surface area contributed by atoms with Crippen molar-refractivity contribution in [2.24, 2.45) is 0 Å². The molecule has 0 atom stereocenters. The lowest BCUT2D eigenvalue weighted by Crippen LogP contribution is -2.46. The largest absolute Gasteiger partial charge is 0.334 e. The van der Waals surface area contributed by atoms with Crippen molar-refractivity contribution in [3.63, 3.8) is 0 Å². The number of amides is 1. The van der Waals surface area contributed by atoms with E-state index in [0.717, 1.165) is 0 Å². The van der Waals surface area contributed by atoms with E-state index in [0.29, 0.717) is 12.1 Å². The van der Waals surface area contributed by atoms with E-state index in [9.17, 15) is 9.59 Å². The first-order chi connectivity index (χ1) is 8.86. The molecule has 0 aliphatic heterocycles. The van der Waals surface area contributed by atoms with Crippen LogP contribution in [0.2, 0.25) is 0 Å². The van der Waals surface area contributed by atoms with Crippen LogP contribution in [0.4, 0.5) is 0 Å². The van der Waals surface area contributed by atoms with Gasteiger partial charge in [0.05, 0.1) is 6.42 Å². The maximum absolute atomic E-state index is 12.2. The van der Waals surface area contributed by atoms with Gasteiger partial charge in [-0.2, -0.15) is 0 Å². The fourth-order valence-electron chi connectivity index (χ4n) is 1.84. The third-order valence-electron chi connectivity index (χ3n) is 2.83. The molecule has 0 spiro atoms. The quantitative estimate of drug-likeness (QED) is 0.463. The predicted molar refractivity (Wildman–Crippen MR) is 77.1 cm³/mol. The molecule has 3 heteroatoms. The summed E-state index contributed by atoms with van der Waals surface area (Å²) in [4.78, 5) is 25.9. The van der Waals surface area contributed by atoms with E-state index in [1.165, 1.54) is 0 Å². The highest BCUT2D eigenvalue weighted by atomic mass is 16.2. The van der Waals surface area contributed by atoms with Crippen LogP contribution >= 0.6 is 0 Å². The zero-order valence-electron chi connectivity index (χ0n) is 11.8. The van der Waals surface area contributed by atoms with E-state index in [1.807, 2.05) is 26.8 Å². The molecule has 3 nitrogen and oxygen atoms in total. The SMILES string of the molecule is C=CCN(C(=O)CC(=O)c1ccccc1)C(C)(C)C. The molecule has 0 radical (unpaired) electrons. The van der Waals surface area contributed by atoms with E-state index in [-0.39, 0.29) is 23.7 Å². The van der Waals surface area contributed by atoms with Crippen LogP contribution in [-0.2, 0) is 4.79 Å². The van der Waals surface area contributed by atoms with Crippen molar-refractivity contribution in [2.45, 2.75) is 32.7 Å². The number of hydrogen-bond acceptors (Lipinski definition) is 2. The summed E-state index contributed by atoms with van der Waals surface area (Å²) in [7, 11) is 0. The van der Waals surface area contributed by atoms with Crippen molar-refractivity contribution < 1.29 is 9.59 Å². The lowest BCUT2D eigenvalue weighted by molar-refractivity contribution is -0.134. The van der Waals surface area contributed by atoms with Crippen LogP contribution in [0.25, 0.3) is 0 Å². The molecule has 0 unspecified atom stereocenters. The second-order valence-corrected chi connectivity index (χ2v) is 5.43. The number of rotatable bonds is 5. The zero-order valence-corrected chi connectivity index (χ0v) is 11.8. The number of ketones is 1. The van der Waals surface area contributed by atoms with E-state index in [2.05, 4.69) is 6.58 Å². The molecule has 0 aliphatic carbocycles. The highest BCUT2D eigenvalue weighted by molar-refractivity contribution is 6.07. The number of carbonyl (C=O) groups excluding carboxylic acids is 2. The Morgan fingerprint density at radius 2 is 1.79 bits per heavy atom. The number of nitrogens with zero attached hydrogens (tertiary/aromatic N) is 1. The second kappa shape index (κ2) is 6.32. The molecule has 102 valence electrons. The molecule has 0 fully saturated rings. The monoisotopic (exact) mass is 259 g/mol. The minimum Gasteiger partial charge on any atom is -0.334 e. The molecular formula is C16H21NO2. The molecule has 1 aromatic rings. The molecule has 0 bridgehead atoms. The van der Waals surface area contributed by atoms with Gasteiger partial charge in [-0.15, -0.1) is 6.58 Å². The van der Waals surface area contributed by atoms with Crippen molar-refractivity contribution in [1.82, 2.24) is 4.90 Å². The normalized spacial score (nSPS) is 10.9. The second-order valence-electron chi connectivity index (χ2n) is 5.43. The summed E-state index contributed by atoms with van der Waals surface area (Å²) >= 11 is 0. The lowest BCUT2D eigenvalue weighted by Gasteiger charge is -2.34. The summed E-state index contributed by atoms with van der Waals surface area (Å²) < 4.78 is 0. The van der Waals surface area contributed by atoms with Gasteiger partial charge in [0.25, 0.3) is 0 Å². The Hall–Kier alpha value is -1.90. The minimum atomic E-state index is -0.317. The Bertz CT molecular complexity index is 457. The summed E-state index contributed by atoms with van der Waals surface area (Å²) in [5, 5.41) is 0. The fraction of sp³-hybridized carbons (Fsp3) is 0.375. The Morgan fingerprint density at radius 1 is 1.21 bits per heavy atom. The fourth-order valence-corrected chi connectivity index (χ4v) is 1.84. The van der Waals surface area contributed by atoms with Crippen LogP contribution in [0.15, 0.2) is 43.0 Å². The van der Waals surface area contributed by atoms with E-state index >= 15 is 0 Å². The van der Waals surface area contributed by atoms with Crippen molar-refractivity contribution in [3.8, 4) is 0 Å². The Labute approximate surface area is 114 Å². The summed E-state index contributed by atoms with van der Waals surface area (Å²) in [6.07, 6.45) is 1.57. The third-order valence-corrected chi connectivity index (χ3v) is 2.83. The van der Waals surface area contributed by atoms with Crippen LogP contribution < -0.4 is 0 Å². The van der Waals surface area contributed by atoms with Crippen molar-refractivity contribution in [2.75, 3.05) is 6.54 Å². The average Bonchev–Trinajstić information content (AvgIpc) is 2.35. The van der Waals surface area contributed by atoms with Crippen LogP contribution in [0.1, 0.15) is 37.6 Å². The van der Waals surface area contributed by atoms with Gasteiger partial charge in [-0.25, -0.2) is 0 Å². The summed E-state index contributed by atoms with van der Waals surface area (Å²) in [6, 6.07) is 8.89. The van der Waals surface area contributed by atoms with Crippen LogP contribution in [0.3, 0.4) is 0 Å². The lowest BCUT2D eigenvalue weighted by atomic mass is 10.0. The van der Waals surface area contributed by atoms with Gasteiger partial charge in [0, 0.05) is 17.6 Å². The number of carbonyl (C=O) groups is 2. The van der Waals surface area contributed by atoms with Crippen molar-refractivity contribution in [3.05, 3.63) is 48.6 Å². The van der Waals surface area contributed by atoms with E-state index in [4.69, 9.17) is 0 Å². The van der Waals surface area contributed by atoms with Gasteiger partial charge in [0.1, 0.15) is 0 Å². The molecule has 0 N–H and O–H groups in total. The molecule has 0 saturated carbocycles. The van der Waals surface area contributed by atoms with Gasteiger partial charge in [0.2, 0.25) is 5.91 Å². The van der Waals surface area contributed by atoms with Gasteiger partial charge >= 0.3 is 0 Å². The number of benzene rings is 1. The van der Waals surface area contributed by atoms with Crippen molar-refractivity contribution >= 4 is 11.7 Å². The predicted octanol–water partition coefficient (Wildman–Crippen LogP) is 3.07. The molecule has 0 saturated heterocycles. The highest BCUT2D eigenvalue weighted by Crippen LogP contribution is 2.15. The van der Waals surface area contributed by atoms with Crippen LogP contribution in [0.5, 0.6) is 0 Å². The summed E-state index contributed by atoms with van der Waals surface area (Å²) in [5.74, 6) is -0.315. The molecule has 1 aromatic carbocycles. The van der Waals surface area contributed by atoms with Crippen LogP contribution in [0, 0.1) is 0 Å². The van der Waals surface area contributed by atoms with E-state index < -0.39 is 0 Å². The van der Waals surface area contributed by atoms with Gasteiger partial charge in [-0.1, -0.05) is 36.4 Å². The first kappa shape index (κ1) is 15.2. The third kappa shape index (κ3) is 4.36. The average molecular weight is 259 g/mol. The first-order valence-electron chi connectivity index (χ1n) is 6.36. The molecule has 1 amide bonds. The van der Waals surface area contributed by atoms with Gasteiger partial charge < -0.3 is 4.90 Å². The first-order valence-corrected chi connectivity index (χ1v) is 6.36. The van der Waals surface area contributed by atoms with Gasteiger partial charge in [-0.05, 0) is 20.8 Å². The number of Topliss-reactive ketones (excluding diaryl/α,β-unsaturated/α-hetero) is 1. The standard InChI is InChI=1S/C16H21NO2/c1-5-11-17(16(2,3)4)15(19)12-14(18)13-9-7-6-8-10-13/h5-10H,1,11-12H2,2-4H3. The highest BCUT2D eigenvalue weighted by Gasteiger charge is 2.26. The van der Waals surface area contributed by atoms with Gasteiger partial charge in [0.15, 0.2) is 5.78 Å². The Morgan fingerprint density at radius 3 is 2.26 bits per heavy atom. The zero-order chi connectivity index (χ0) is 14.5. The summed E-state index contributed by atoms with van der Waals surface area (Å²) in [5.41, 5.74) is 0.255.